The highest BCUT2D eigenvalue weighted by atomic mass is 32.1. The maximum Gasteiger partial charge on any atom is 0.185 e. The predicted molar refractivity (Wildman–Crippen MR) is 86.6 cm³/mol. The first kappa shape index (κ1) is 15.8. The second-order valence-electron chi connectivity index (χ2n) is 6.42. The first-order valence-electron chi connectivity index (χ1n) is 7.88. The molecular formula is C16H28N2OS. The van der Waals surface area contributed by atoms with E-state index in [1.165, 1.54) is 19.3 Å². The second-order valence-corrected chi connectivity index (χ2v) is 7.49. The van der Waals surface area contributed by atoms with Crippen molar-refractivity contribution >= 4 is 16.5 Å². The van der Waals surface area contributed by atoms with E-state index >= 15 is 0 Å². The molecule has 1 fully saturated rings. The number of thiazole rings is 1. The number of piperidine rings is 1. The molecule has 20 heavy (non-hydrogen) atoms. The van der Waals surface area contributed by atoms with Crippen molar-refractivity contribution in [1.82, 2.24) is 4.98 Å². The molecule has 2 heterocycles. The van der Waals surface area contributed by atoms with Crippen molar-refractivity contribution in [3.63, 3.8) is 0 Å². The van der Waals surface area contributed by atoms with Gasteiger partial charge in [-0.15, -0.1) is 0 Å². The Hall–Kier alpha value is -0.610. The Morgan fingerprint density at radius 2 is 2.00 bits per heavy atom. The Balaban J connectivity index is 2.12. The zero-order valence-electron chi connectivity index (χ0n) is 13.3. The second kappa shape index (κ2) is 6.44. The van der Waals surface area contributed by atoms with Crippen molar-refractivity contribution in [1.29, 1.82) is 0 Å². The topological polar surface area (TPSA) is 36.4 Å². The molecule has 2 rings (SSSR count). The van der Waals surface area contributed by atoms with Crippen molar-refractivity contribution in [3.05, 3.63) is 10.6 Å². The highest BCUT2D eigenvalue weighted by molar-refractivity contribution is 7.15. The SMILES string of the molecule is CCC(C)c1nc(N2CCC(C)(CC)CC2)sc1CO. The van der Waals surface area contributed by atoms with Crippen molar-refractivity contribution in [2.45, 2.75) is 65.9 Å². The monoisotopic (exact) mass is 296 g/mol. The highest BCUT2D eigenvalue weighted by Gasteiger charge is 2.30. The molecular weight excluding hydrogens is 268 g/mol. The number of nitrogens with zero attached hydrogens (tertiary/aromatic N) is 2. The summed E-state index contributed by atoms with van der Waals surface area (Å²) in [5.41, 5.74) is 1.62. The lowest BCUT2D eigenvalue weighted by atomic mass is 9.78. The zero-order valence-corrected chi connectivity index (χ0v) is 14.1. The standard InChI is InChI=1S/C16H28N2OS/c1-5-12(3)14-13(11-19)20-15(17-14)18-9-7-16(4,6-2)8-10-18/h12,19H,5-11H2,1-4H3. The fourth-order valence-corrected chi connectivity index (χ4v) is 3.86. The van der Waals surface area contributed by atoms with E-state index in [9.17, 15) is 5.11 Å². The van der Waals surface area contributed by atoms with Crippen LogP contribution in [-0.2, 0) is 6.61 Å². The van der Waals surface area contributed by atoms with Gasteiger partial charge in [-0.3, -0.25) is 0 Å². The van der Waals surface area contributed by atoms with Crippen LogP contribution in [-0.4, -0.2) is 23.2 Å². The minimum atomic E-state index is 0.123. The van der Waals surface area contributed by atoms with E-state index in [0.29, 0.717) is 11.3 Å². The number of hydrogen-bond donors (Lipinski definition) is 1. The summed E-state index contributed by atoms with van der Waals surface area (Å²) < 4.78 is 0. The summed E-state index contributed by atoms with van der Waals surface area (Å²) in [4.78, 5) is 8.30. The molecule has 0 spiro atoms. The summed E-state index contributed by atoms with van der Waals surface area (Å²) in [6, 6.07) is 0. The first-order chi connectivity index (χ1) is 9.53. The van der Waals surface area contributed by atoms with E-state index in [-0.39, 0.29) is 6.61 Å². The van der Waals surface area contributed by atoms with Crippen molar-refractivity contribution < 1.29 is 5.11 Å². The maximum atomic E-state index is 9.55. The van der Waals surface area contributed by atoms with E-state index in [0.717, 1.165) is 35.2 Å². The molecule has 3 nitrogen and oxygen atoms in total. The Bertz CT molecular complexity index is 436. The normalized spacial score (nSPS) is 20.1. The van der Waals surface area contributed by atoms with Gasteiger partial charge in [0.25, 0.3) is 0 Å². The minimum Gasteiger partial charge on any atom is -0.391 e. The smallest absolute Gasteiger partial charge is 0.185 e. The maximum absolute atomic E-state index is 9.55. The molecule has 1 saturated heterocycles. The van der Waals surface area contributed by atoms with Crippen LogP contribution < -0.4 is 4.90 Å². The van der Waals surface area contributed by atoms with E-state index < -0.39 is 0 Å². The van der Waals surface area contributed by atoms with Crippen LogP contribution in [0.4, 0.5) is 5.13 Å². The molecule has 1 unspecified atom stereocenters. The van der Waals surface area contributed by atoms with Crippen LogP contribution in [0.3, 0.4) is 0 Å². The average Bonchev–Trinajstić information content (AvgIpc) is 2.91. The van der Waals surface area contributed by atoms with E-state index in [4.69, 9.17) is 4.98 Å². The van der Waals surface area contributed by atoms with Gasteiger partial charge < -0.3 is 10.0 Å². The zero-order chi connectivity index (χ0) is 14.8. The van der Waals surface area contributed by atoms with E-state index in [2.05, 4.69) is 32.6 Å². The molecule has 1 aliphatic heterocycles. The third kappa shape index (κ3) is 3.17. The van der Waals surface area contributed by atoms with E-state index in [1.54, 1.807) is 11.3 Å². The highest BCUT2D eigenvalue weighted by Crippen LogP contribution is 2.38. The fourth-order valence-electron chi connectivity index (χ4n) is 2.77. The lowest BCUT2D eigenvalue weighted by molar-refractivity contribution is 0.238. The fraction of sp³-hybridized carbons (Fsp3) is 0.812. The van der Waals surface area contributed by atoms with Gasteiger partial charge in [0.1, 0.15) is 0 Å². The van der Waals surface area contributed by atoms with Gasteiger partial charge in [-0.1, -0.05) is 45.5 Å². The molecule has 0 amide bonds. The van der Waals surface area contributed by atoms with E-state index in [1.807, 2.05) is 0 Å². The quantitative estimate of drug-likeness (QED) is 0.886. The molecule has 0 aromatic carbocycles. The molecule has 114 valence electrons. The number of aliphatic hydroxyl groups is 1. The first-order valence-corrected chi connectivity index (χ1v) is 8.70. The van der Waals surface area contributed by atoms with Crippen LogP contribution in [0.5, 0.6) is 0 Å². The molecule has 4 heteroatoms. The van der Waals surface area contributed by atoms with Gasteiger partial charge in [-0.25, -0.2) is 4.98 Å². The van der Waals surface area contributed by atoms with Gasteiger partial charge in [0.2, 0.25) is 0 Å². The van der Waals surface area contributed by atoms with Gasteiger partial charge in [0.15, 0.2) is 5.13 Å². The third-order valence-electron chi connectivity index (χ3n) is 5.03. The largest absolute Gasteiger partial charge is 0.391 e. The van der Waals surface area contributed by atoms with Crippen LogP contribution in [0.2, 0.25) is 0 Å². The summed E-state index contributed by atoms with van der Waals surface area (Å²) >= 11 is 1.68. The van der Waals surface area contributed by atoms with Crippen molar-refractivity contribution in [2.24, 2.45) is 5.41 Å². The summed E-state index contributed by atoms with van der Waals surface area (Å²) in [6.45, 7) is 11.4. The number of aromatic nitrogens is 1. The van der Waals surface area contributed by atoms with Gasteiger partial charge in [-0.05, 0) is 30.6 Å². The van der Waals surface area contributed by atoms with Crippen LogP contribution in [0, 0.1) is 5.41 Å². The number of anilines is 1. The lowest BCUT2D eigenvalue weighted by Crippen LogP contribution is -2.38. The average molecular weight is 296 g/mol. The molecule has 1 aliphatic rings. The molecule has 0 aliphatic carbocycles. The van der Waals surface area contributed by atoms with Crippen LogP contribution in [0.1, 0.15) is 69.9 Å². The Kier molecular flexibility index (Phi) is 5.08. The molecule has 1 aromatic heterocycles. The molecule has 1 N–H and O–H groups in total. The van der Waals surface area contributed by atoms with Gasteiger partial charge in [-0.2, -0.15) is 0 Å². The molecule has 1 aromatic rings. The summed E-state index contributed by atoms with van der Waals surface area (Å²) in [5.74, 6) is 0.438. The molecule has 0 radical (unpaired) electrons. The number of rotatable bonds is 5. The Morgan fingerprint density at radius 1 is 1.35 bits per heavy atom. The minimum absolute atomic E-state index is 0.123. The van der Waals surface area contributed by atoms with Crippen molar-refractivity contribution in [2.75, 3.05) is 18.0 Å². The lowest BCUT2D eigenvalue weighted by Gasteiger charge is -2.38. The Labute approximate surface area is 127 Å². The third-order valence-corrected chi connectivity index (χ3v) is 6.15. The van der Waals surface area contributed by atoms with Crippen LogP contribution in [0.25, 0.3) is 0 Å². The van der Waals surface area contributed by atoms with Gasteiger partial charge in [0.05, 0.1) is 17.2 Å². The van der Waals surface area contributed by atoms with Crippen molar-refractivity contribution in [3.8, 4) is 0 Å². The predicted octanol–water partition coefficient (Wildman–Crippen LogP) is 4.17. The summed E-state index contributed by atoms with van der Waals surface area (Å²) in [6.07, 6.45) is 4.83. The Morgan fingerprint density at radius 3 is 2.50 bits per heavy atom. The number of hydrogen-bond acceptors (Lipinski definition) is 4. The van der Waals surface area contributed by atoms with Crippen LogP contribution >= 0.6 is 11.3 Å². The van der Waals surface area contributed by atoms with Gasteiger partial charge >= 0.3 is 0 Å². The summed E-state index contributed by atoms with van der Waals surface area (Å²) in [7, 11) is 0. The molecule has 0 bridgehead atoms. The summed E-state index contributed by atoms with van der Waals surface area (Å²) in [5, 5.41) is 10.7. The van der Waals surface area contributed by atoms with Crippen LogP contribution in [0.15, 0.2) is 0 Å². The molecule has 1 atom stereocenters. The number of aliphatic hydroxyl groups excluding tert-OH is 1. The molecule has 0 saturated carbocycles. The van der Waals surface area contributed by atoms with Gasteiger partial charge in [0, 0.05) is 13.1 Å².